The Labute approximate surface area is 101 Å². The average molecular weight is 235 g/mol. The molecule has 1 saturated heterocycles. The molecule has 2 heterocycles. The molecular weight excluding hydrogens is 218 g/mol. The second-order valence-electron chi connectivity index (χ2n) is 5.16. The van der Waals surface area contributed by atoms with Crippen molar-refractivity contribution in [3.8, 4) is 0 Å². The minimum absolute atomic E-state index is 0.317. The lowest BCUT2D eigenvalue weighted by atomic mass is 10.0. The maximum atomic E-state index is 11.8. The molecule has 0 bridgehead atoms. The van der Waals surface area contributed by atoms with E-state index in [2.05, 4.69) is 15.3 Å². The molecule has 1 aliphatic heterocycles. The smallest absolute Gasteiger partial charge is 0.357 e. The van der Waals surface area contributed by atoms with Crippen molar-refractivity contribution in [1.82, 2.24) is 15.3 Å². The van der Waals surface area contributed by atoms with Crippen LogP contribution < -0.4 is 5.32 Å². The average Bonchev–Trinajstić information content (AvgIpc) is 2.12. The van der Waals surface area contributed by atoms with Gasteiger partial charge in [0.15, 0.2) is 5.69 Å². The van der Waals surface area contributed by atoms with E-state index in [-0.39, 0.29) is 0 Å². The van der Waals surface area contributed by atoms with Gasteiger partial charge in [0, 0.05) is 25.2 Å². The molecule has 0 spiro atoms. The van der Waals surface area contributed by atoms with Gasteiger partial charge >= 0.3 is 5.97 Å². The van der Waals surface area contributed by atoms with E-state index >= 15 is 0 Å². The Bertz CT molecular complexity index is 422. The minimum Gasteiger partial charge on any atom is -0.455 e. The Hall–Kier alpha value is -1.49. The van der Waals surface area contributed by atoms with E-state index in [9.17, 15) is 4.79 Å². The zero-order valence-corrected chi connectivity index (χ0v) is 10.4. The van der Waals surface area contributed by atoms with Crippen molar-refractivity contribution >= 4 is 5.97 Å². The normalized spacial score (nSPS) is 16.4. The first-order chi connectivity index (χ1) is 7.96. The predicted octanol–water partition coefficient (Wildman–Crippen LogP) is 1.12. The summed E-state index contributed by atoms with van der Waals surface area (Å²) in [5.74, 6) is 0.637. The van der Waals surface area contributed by atoms with Gasteiger partial charge in [-0.25, -0.2) is 14.8 Å². The van der Waals surface area contributed by atoms with Crippen LogP contribution in [0.15, 0.2) is 12.3 Å². The fourth-order valence-corrected chi connectivity index (χ4v) is 1.49. The maximum Gasteiger partial charge on any atom is 0.357 e. The Morgan fingerprint density at radius 2 is 2.18 bits per heavy atom. The van der Waals surface area contributed by atoms with Crippen molar-refractivity contribution < 1.29 is 9.53 Å². The molecule has 1 aliphatic rings. The molecule has 0 aliphatic carbocycles. The van der Waals surface area contributed by atoms with Gasteiger partial charge in [-0.05, 0) is 26.8 Å². The van der Waals surface area contributed by atoms with E-state index in [4.69, 9.17) is 4.74 Å². The second kappa shape index (κ2) is 4.41. The highest BCUT2D eigenvalue weighted by Gasteiger charge is 2.24. The first kappa shape index (κ1) is 12.0. The van der Waals surface area contributed by atoms with Crippen molar-refractivity contribution in [2.75, 3.05) is 13.1 Å². The molecule has 1 fully saturated rings. The van der Waals surface area contributed by atoms with E-state index in [1.807, 2.05) is 20.8 Å². The SMILES string of the molecule is CC(C)(C)OC(=O)c1ccnc(C2CNC2)n1. The first-order valence-corrected chi connectivity index (χ1v) is 5.73. The van der Waals surface area contributed by atoms with E-state index < -0.39 is 11.6 Å². The third-order valence-electron chi connectivity index (χ3n) is 2.43. The Morgan fingerprint density at radius 3 is 2.71 bits per heavy atom. The standard InChI is InChI=1S/C12H17N3O2/c1-12(2,3)17-11(16)9-4-5-14-10(15-9)8-6-13-7-8/h4-5,8,13H,6-7H2,1-3H3. The third kappa shape index (κ3) is 3.00. The molecule has 1 N–H and O–H groups in total. The molecule has 0 saturated carbocycles. The zero-order chi connectivity index (χ0) is 12.5. The van der Waals surface area contributed by atoms with E-state index in [1.54, 1.807) is 12.3 Å². The van der Waals surface area contributed by atoms with Crippen molar-refractivity contribution in [2.45, 2.75) is 32.3 Å². The van der Waals surface area contributed by atoms with Gasteiger partial charge in [0.2, 0.25) is 0 Å². The lowest BCUT2D eigenvalue weighted by Gasteiger charge is -2.25. The van der Waals surface area contributed by atoms with Crippen LogP contribution in [-0.4, -0.2) is 34.6 Å². The van der Waals surface area contributed by atoms with Gasteiger partial charge in [-0.3, -0.25) is 0 Å². The number of hydrogen-bond donors (Lipinski definition) is 1. The van der Waals surface area contributed by atoms with Gasteiger partial charge in [-0.2, -0.15) is 0 Å². The van der Waals surface area contributed by atoms with Crippen LogP contribution in [0.2, 0.25) is 0 Å². The second-order valence-corrected chi connectivity index (χ2v) is 5.16. The molecule has 0 atom stereocenters. The molecule has 5 nitrogen and oxygen atoms in total. The number of ether oxygens (including phenoxy) is 1. The van der Waals surface area contributed by atoms with E-state index in [1.165, 1.54) is 0 Å². The highest BCUT2D eigenvalue weighted by Crippen LogP contribution is 2.16. The molecule has 0 unspecified atom stereocenters. The van der Waals surface area contributed by atoms with E-state index in [0.29, 0.717) is 17.4 Å². The quantitative estimate of drug-likeness (QED) is 0.778. The van der Waals surface area contributed by atoms with Gasteiger partial charge in [-0.1, -0.05) is 0 Å². The summed E-state index contributed by atoms with van der Waals surface area (Å²) >= 11 is 0. The zero-order valence-electron chi connectivity index (χ0n) is 10.4. The fourth-order valence-electron chi connectivity index (χ4n) is 1.49. The lowest BCUT2D eigenvalue weighted by molar-refractivity contribution is 0.00621. The molecule has 0 aromatic carbocycles. The molecule has 5 heteroatoms. The summed E-state index contributed by atoms with van der Waals surface area (Å²) < 4.78 is 5.27. The highest BCUT2D eigenvalue weighted by atomic mass is 16.6. The molecular formula is C12H17N3O2. The summed E-state index contributed by atoms with van der Waals surface area (Å²) in [7, 11) is 0. The Kier molecular flexibility index (Phi) is 3.11. The van der Waals surface area contributed by atoms with Crippen molar-refractivity contribution in [2.24, 2.45) is 0 Å². The number of rotatable bonds is 2. The molecule has 1 aromatic rings. The van der Waals surface area contributed by atoms with Crippen LogP contribution in [0.3, 0.4) is 0 Å². The van der Waals surface area contributed by atoms with Crippen molar-refractivity contribution in [3.63, 3.8) is 0 Å². The van der Waals surface area contributed by atoms with Gasteiger partial charge in [0.25, 0.3) is 0 Å². The number of esters is 1. The maximum absolute atomic E-state index is 11.8. The number of carbonyl (C=O) groups is 1. The van der Waals surface area contributed by atoms with Gasteiger partial charge in [0.1, 0.15) is 11.4 Å². The Morgan fingerprint density at radius 1 is 1.47 bits per heavy atom. The Balaban J connectivity index is 2.12. The van der Waals surface area contributed by atoms with Crippen LogP contribution in [0, 0.1) is 0 Å². The molecule has 0 amide bonds. The fraction of sp³-hybridized carbons (Fsp3) is 0.583. The highest BCUT2D eigenvalue weighted by molar-refractivity contribution is 5.87. The van der Waals surface area contributed by atoms with Crippen LogP contribution in [0.1, 0.15) is 43.0 Å². The molecule has 1 aromatic heterocycles. The molecule has 92 valence electrons. The van der Waals surface area contributed by atoms with Crippen LogP contribution in [0.4, 0.5) is 0 Å². The number of hydrogen-bond acceptors (Lipinski definition) is 5. The number of nitrogens with one attached hydrogen (secondary N) is 1. The van der Waals surface area contributed by atoms with Crippen LogP contribution in [0.5, 0.6) is 0 Å². The van der Waals surface area contributed by atoms with Gasteiger partial charge in [-0.15, -0.1) is 0 Å². The molecule has 0 radical (unpaired) electrons. The van der Waals surface area contributed by atoms with E-state index in [0.717, 1.165) is 13.1 Å². The van der Waals surface area contributed by atoms with Gasteiger partial charge < -0.3 is 10.1 Å². The largest absolute Gasteiger partial charge is 0.455 e. The number of carbonyl (C=O) groups excluding carboxylic acids is 1. The number of nitrogens with zero attached hydrogens (tertiary/aromatic N) is 2. The summed E-state index contributed by atoms with van der Waals surface area (Å²) in [5, 5.41) is 3.15. The van der Waals surface area contributed by atoms with Crippen molar-refractivity contribution in [1.29, 1.82) is 0 Å². The summed E-state index contributed by atoms with van der Waals surface area (Å²) in [4.78, 5) is 20.2. The number of aromatic nitrogens is 2. The van der Waals surface area contributed by atoms with Crippen LogP contribution in [0.25, 0.3) is 0 Å². The summed E-state index contributed by atoms with van der Waals surface area (Å²) in [6, 6.07) is 1.59. The minimum atomic E-state index is -0.500. The molecule has 2 rings (SSSR count). The van der Waals surface area contributed by atoms with Crippen LogP contribution >= 0.6 is 0 Å². The topological polar surface area (TPSA) is 64.1 Å². The summed E-state index contributed by atoms with van der Waals surface area (Å²) in [6.07, 6.45) is 1.61. The lowest BCUT2D eigenvalue weighted by Crippen LogP contribution is -2.41. The summed E-state index contributed by atoms with van der Waals surface area (Å²) in [5.41, 5.74) is -0.169. The summed E-state index contributed by atoms with van der Waals surface area (Å²) in [6.45, 7) is 7.25. The molecule has 17 heavy (non-hydrogen) atoms. The third-order valence-corrected chi connectivity index (χ3v) is 2.43. The van der Waals surface area contributed by atoms with Crippen molar-refractivity contribution in [3.05, 3.63) is 23.8 Å². The monoisotopic (exact) mass is 235 g/mol. The predicted molar refractivity (Wildman–Crippen MR) is 62.8 cm³/mol. The van der Waals surface area contributed by atoms with Crippen LogP contribution in [-0.2, 0) is 4.74 Å². The van der Waals surface area contributed by atoms with Gasteiger partial charge in [0.05, 0.1) is 0 Å². The first-order valence-electron chi connectivity index (χ1n) is 5.73.